The fourth-order valence-corrected chi connectivity index (χ4v) is 4.61. The van der Waals surface area contributed by atoms with Crippen molar-refractivity contribution in [2.75, 3.05) is 4.90 Å². The summed E-state index contributed by atoms with van der Waals surface area (Å²) in [7, 11) is 0. The van der Waals surface area contributed by atoms with Crippen LogP contribution in [0, 0.1) is 5.41 Å². The zero-order chi connectivity index (χ0) is 21.6. The Labute approximate surface area is 179 Å². The number of ketones is 1. The Hall–Kier alpha value is -2.99. The van der Waals surface area contributed by atoms with Crippen molar-refractivity contribution in [3.05, 3.63) is 70.1 Å². The van der Waals surface area contributed by atoms with Crippen molar-refractivity contribution in [1.29, 1.82) is 0 Å². The number of rotatable bonds is 3. The molecule has 0 fully saturated rings. The van der Waals surface area contributed by atoms with Crippen LogP contribution in [0.4, 0.5) is 5.69 Å². The Morgan fingerprint density at radius 3 is 2.53 bits per heavy atom. The molecule has 0 bridgehead atoms. The lowest BCUT2D eigenvalue weighted by Gasteiger charge is -2.43. The van der Waals surface area contributed by atoms with Gasteiger partial charge in [0.25, 0.3) is 0 Å². The second kappa shape index (κ2) is 7.36. The first-order valence-electron chi connectivity index (χ1n) is 9.70. The number of carboxylic acids is 1. The molecule has 1 aliphatic carbocycles. The topological polar surface area (TPSA) is 87.6 Å². The highest BCUT2D eigenvalue weighted by Gasteiger charge is 2.44. The number of pyridine rings is 1. The number of benzene rings is 1. The van der Waals surface area contributed by atoms with Gasteiger partial charge in [-0.1, -0.05) is 25.4 Å². The van der Waals surface area contributed by atoms with Crippen LogP contribution in [0.5, 0.6) is 0 Å². The van der Waals surface area contributed by atoms with E-state index in [0.29, 0.717) is 29.8 Å². The Bertz CT molecular complexity index is 1090. The van der Waals surface area contributed by atoms with E-state index in [1.165, 1.54) is 17.0 Å². The SMILES string of the molecule is CC1(C)CC(=O)C2=C(C1)N(c1ccc(Cl)c(C(=O)O)c1)C(=O)CC2c1ccncc1. The van der Waals surface area contributed by atoms with Crippen molar-refractivity contribution in [1.82, 2.24) is 4.98 Å². The van der Waals surface area contributed by atoms with E-state index >= 15 is 0 Å². The molecule has 4 rings (SSSR count). The molecule has 7 heteroatoms. The molecule has 1 aliphatic heterocycles. The molecule has 2 heterocycles. The van der Waals surface area contributed by atoms with E-state index in [9.17, 15) is 19.5 Å². The molecule has 2 aliphatic rings. The van der Waals surface area contributed by atoms with Crippen LogP contribution in [0.3, 0.4) is 0 Å². The van der Waals surface area contributed by atoms with Crippen molar-refractivity contribution in [3.63, 3.8) is 0 Å². The highest BCUT2D eigenvalue weighted by atomic mass is 35.5. The average Bonchev–Trinajstić information content (AvgIpc) is 2.67. The third-order valence-electron chi connectivity index (χ3n) is 5.69. The first kappa shape index (κ1) is 20.3. The van der Waals surface area contributed by atoms with E-state index in [-0.39, 0.29) is 40.0 Å². The van der Waals surface area contributed by atoms with Crippen LogP contribution in [-0.2, 0) is 9.59 Å². The van der Waals surface area contributed by atoms with E-state index in [0.717, 1.165) is 5.56 Å². The number of anilines is 1. The Morgan fingerprint density at radius 1 is 1.17 bits per heavy atom. The molecule has 0 spiro atoms. The Kier molecular flexibility index (Phi) is 4.98. The van der Waals surface area contributed by atoms with E-state index in [1.807, 2.05) is 26.0 Å². The van der Waals surface area contributed by atoms with Crippen molar-refractivity contribution in [2.45, 2.75) is 39.0 Å². The smallest absolute Gasteiger partial charge is 0.337 e. The lowest BCUT2D eigenvalue weighted by molar-refractivity contribution is -0.121. The first-order valence-corrected chi connectivity index (χ1v) is 10.1. The van der Waals surface area contributed by atoms with Crippen molar-refractivity contribution >= 4 is 34.9 Å². The minimum Gasteiger partial charge on any atom is -0.478 e. The number of carboxylic acid groups (broad SMARTS) is 1. The number of hydrogen-bond donors (Lipinski definition) is 1. The maximum atomic E-state index is 13.3. The predicted molar refractivity (Wildman–Crippen MR) is 113 cm³/mol. The second-order valence-electron chi connectivity index (χ2n) is 8.54. The monoisotopic (exact) mass is 424 g/mol. The van der Waals surface area contributed by atoms with Gasteiger partial charge in [0.05, 0.1) is 10.6 Å². The number of aromatic nitrogens is 1. The fourth-order valence-electron chi connectivity index (χ4n) is 4.41. The summed E-state index contributed by atoms with van der Waals surface area (Å²) < 4.78 is 0. The Morgan fingerprint density at radius 2 is 1.87 bits per heavy atom. The molecule has 1 aromatic carbocycles. The van der Waals surface area contributed by atoms with Gasteiger partial charge in [-0.25, -0.2) is 4.79 Å². The van der Waals surface area contributed by atoms with Gasteiger partial charge >= 0.3 is 5.97 Å². The van der Waals surface area contributed by atoms with Gasteiger partial charge in [-0.05, 0) is 47.7 Å². The molecule has 1 atom stereocenters. The van der Waals surface area contributed by atoms with Gasteiger partial charge in [0.1, 0.15) is 0 Å². The molecule has 30 heavy (non-hydrogen) atoms. The van der Waals surface area contributed by atoms with Gasteiger partial charge in [-0.3, -0.25) is 19.5 Å². The van der Waals surface area contributed by atoms with Crippen molar-refractivity contribution in [3.8, 4) is 0 Å². The quantitative estimate of drug-likeness (QED) is 0.778. The summed E-state index contributed by atoms with van der Waals surface area (Å²) >= 11 is 6.02. The molecule has 1 unspecified atom stereocenters. The number of allylic oxidation sites excluding steroid dienone is 2. The molecule has 0 saturated heterocycles. The highest BCUT2D eigenvalue weighted by Crippen LogP contribution is 2.48. The molecule has 2 aromatic rings. The van der Waals surface area contributed by atoms with Crippen LogP contribution in [0.25, 0.3) is 0 Å². The number of halogens is 1. The van der Waals surface area contributed by atoms with Gasteiger partial charge < -0.3 is 5.11 Å². The molecule has 1 N–H and O–H groups in total. The maximum Gasteiger partial charge on any atom is 0.337 e. The van der Waals surface area contributed by atoms with E-state index in [1.54, 1.807) is 18.5 Å². The summed E-state index contributed by atoms with van der Waals surface area (Å²) in [6.07, 6.45) is 4.37. The normalized spacial score (nSPS) is 20.9. The van der Waals surface area contributed by atoms with Crippen LogP contribution in [-0.4, -0.2) is 27.8 Å². The maximum absolute atomic E-state index is 13.3. The number of amides is 1. The number of nitrogens with zero attached hydrogens (tertiary/aromatic N) is 2. The van der Waals surface area contributed by atoms with Gasteiger partial charge in [0, 0.05) is 48.1 Å². The minimum absolute atomic E-state index is 0.0213. The van der Waals surface area contributed by atoms with Crippen LogP contribution in [0.1, 0.15) is 54.9 Å². The number of carbonyl (C=O) groups excluding carboxylic acids is 2. The first-order chi connectivity index (χ1) is 14.2. The molecular formula is C23H21ClN2O4. The van der Waals surface area contributed by atoms with E-state index in [4.69, 9.17) is 11.6 Å². The van der Waals surface area contributed by atoms with Crippen LogP contribution >= 0.6 is 11.6 Å². The summed E-state index contributed by atoms with van der Waals surface area (Å²) in [6, 6.07) is 8.15. The standard InChI is InChI=1S/C23H21ClN2O4/c1-23(2)11-18-21(19(27)12-23)15(13-5-7-25-8-6-13)10-20(28)26(18)14-3-4-17(24)16(9-14)22(29)30/h3-9,15H,10-12H2,1-2H3,(H,29,30). The van der Waals surface area contributed by atoms with Crippen molar-refractivity contribution in [2.24, 2.45) is 5.41 Å². The molecule has 0 radical (unpaired) electrons. The molecular weight excluding hydrogens is 404 g/mol. The molecule has 6 nitrogen and oxygen atoms in total. The van der Waals surface area contributed by atoms with E-state index < -0.39 is 5.97 Å². The molecule has 1 amide bonds. The third-order valence-corrected chi connectivity index (χ3v) is 6.02. The number of carbonyl (C=O) groups is 3. The summed E-state index contributed by atoms with van der Waals surface area (Å²) in [5.41, 5.74) is 2.17. The van der Waals surface area contributed by atoms with Crippen LogP contribution in [0.2, 0.25) is 5.02 Å². The van der Waals surface area contributed by atoms with Gasteiger partial charge in [-0.15, -0.1) is 0 Å². The van der Waals surface area contributed by atoms with Crippen molar-refractivity contribution < 1.29 is 19.5 Å². The second-order valence-corrected chi connectivity index (χ2v) is 8.94. The van der Waals surface area contributed by atoms with E-state index in [2.05, 4.69) is 4.98 Å². The summed E-state index contributed by atoms with van der Waals surface area (Å²) in [4.78, 5) is 43.6. The largest absolute Gasteiger partial charge is 0.478 e. The van der Waals surface area contributed by atoms with Gasteiger partial charge in [0.2, 0.25) is 5.91 Å². The predicted octanol–water partition coefficient (Wildman–Crippen LogP) is 4.60. The average molecular weight is 425 g/mol. The summed E-state index contributed by atoms with van der Waals surface area (Å²) in [6.45, 7) is 4.00. The van der Waals surface area contributed by atoms with Gasteiger partial charge in [0.15, 0.2) is 5.78 Å². The van der Waals surface area contributed by atoms with Crippen LogP contribution in [0.15, 0.2) is 54.0 Å². The molecule has 1 aromatic heterocycles. The Balaban J connectivity index is 1.91. The summed E-state index contributed by atoms with van der Waals surface area (Å²) in [5, 5.41) is 9.54. The zero-order valence-electron chi connectivity index (χ0n) is 16.7. The number of aromatic carboxylic acids is 1. The lowest BCUT2D eigenvalue weighted by atomic mass is 9.69. The van der Waals surface area contributed by atoms with Crippen LogP contribution < -0.4 is 4.90 Å². The molecule has 0 saturated carbocycles. The lowest BCUT2D eigenvalue weighted by Crippen LogP contribution is -2.43. The number of Topliss-reactive ketones (excluding diaryl/α,β-unsaturated/α-hetero) is 1. The third kappa shape index (κ3) is 3.52. The minimum atomic E-state index is -1.17. The molecule has 154 valence electrons. The highest BCUT2D eigenvalue weighted by molar-refractivity contribution is 6.33. The van der Waals surface area contributed by atoms with Gasteiger partial charge in [-0.2, -0.15) is 0 Å². The fraction of sp³-hybridized carbons (Fsp3) is 0.304. The summed E-state index contributed by atoms with van der Waals surface area (Å²) in [5.74, 6) is -1.66. The zero-order valence-corrected chi connectivity index (χ0v) is 17.4. The number of hydrogen-bond acceptors (Lipinski definition) is 4.